The highest BCUT2D eigenvalue weighted by Crippen LogP contribution is 2.30. The van der Waals surface area contributed by atoms with Crippen LogP contribution in [0.15, 0.2) is 23.1 Å². The summed E-state index contributed by atoms with van der Waals surface area (Å²) in [4.78, 5) is 16.2. The smallest absolute Gasteiger partial charge is 0.405 e. The Labute approximate surface area is 167 Å². The third-order valence-corrected chi connectivity index (χ3v) is 6.21. The van der Waals surface area contributed by atoms with Crippen LogP contribution in [0.25, 0.3) is 0 Å². The van der Waals surface area contributed by atoms with Crippen molar-refractivity contribution in [2.45, 2.75) is 37.1 Å². The first kappa shape index (κ1) is 23.4. The molecule has 0 saturated carbocycles. The summed E-state index contributed by atoms with van der Waals surface area (Å²) in [5, 5.41) is 0.893. The quantitative estimate of drug-likeness (QED) is 0.577. The Kier molecular flexibility index (Phi) is 7.86. The zero-order valence-corrected chi connectivity index (χ0v) is 16.9. The van der Waals surface area contributed by atoms with E-state index in [1.54, 1.807) is 0 Å². The van der Waals surface area contributed by atoms with E-state index in [2.05, 4.69) is 9.57 Å². The average Bonchev–Trinajstić information content (AvgIpc) is 2.67. The predicted molar refractivity (Wildman–Crippen MR) is 95.2 cm³/mol. The second-order valence-electron chi connectivity index (χ2n) is 6.35. The molecule has 1 aliphatic rings. The second-order valence-corrected chi connectivity index (χ2v) is 8.29. The van der Waals surface area contributed by atoms with Gasteiger partial charge in [0.25, 0.3) is 5.91 Å². The van der Waals surface area contributed by atoms with Crippen molar-refractivity contribution in [3.05, 3.63) is 23.8 Å². The molecular formula is C17H23F3N2O6S. The lowest BCUT2D eigenvalue weighted by atomic mass is 10.2. The van der Waals surface area contributed by atoms with Gasteiger partial charge in [-0.05, 0) is 31.0 Å². The molecule has 29 heavy (non-hydrogen) atoms. The SMILES string of the molecule is CON(C)C(=O)COCc1cc(S(=O)(=O)N2CCCCC2)ccc1OC(F)(F)F. The number of hydrogen-bond acceptors (Lipinski definition) is 6. The van der Waals surface area contributed by atoms with E-state index in [1.165, 1.54) is 18.5 Å². The number of piperidine rings is 1. The fourth-order valence-corrected chi connectivity index (χ4v) is 4.32. The fourth-order valence-electron chi connectivity index (χ4n) is 2.75. The van der Waals surface area contributed by atoms with Crippen LogP contribution in [0.4, 0.5) is 13.2 Å². The van der Waals surface area contributed by atoms with Gasteiger partial charge in [0.1, 0.15) is 12.4 Å². The molecule has 8 nitrogen and oxygen atoms in total. The number of carbonyl (C=O) groups excluding carboxylic acids is 1. The summed E-state index contributed by atoms with van der Waals surface area (Å²) in [6, 6.07) is 3.08. The molecule has 0 unspecified atom stereocenters. The summed E-state index contributed by atoms with van der Waals surface area (Å²) in [6.45, 7) is -0.226. The summed E-state index contributed by atoms with van der Waals surface area (Å²) in [5.41, 5.74) is -0.145. The van der Waals surface area contributed by atoms with E-state index in [0.717, 1.165) is 42.5 Å². The van der Waals surface area contributed by atoms with Crippen molar-refractivity contribution in [1.29, 1.82) is 0 Å². The Morgan fingerprint density at radius 1 is 1.21 bits per heavy atom. The summed E-state index contributed by atoms with van der Waals surface area (Å²) in [5.74, 6) is -1.16. The Bertz CT molecular complexity index is 810. The van der Waals surface area contributed by atoms with Gasteiger partial charge >= 0.3 is 6.36 Å². The topological polar surface area (TPSA) is 85.4 Å². The first-order chi connectivity index (χ1) is 13.5. The molecule has 1 heterocycles. The molecule has 1 aromatic carbocycles. The van der Waals surface area contributed by atoms with E-state index in [-0.39, 0.29) is 10.5 Å². The summed E-state index contributed by atoms with van der Waals surface area (Å²) >= 11 is 0. The lowest BCUT2D eigenvalue weighted by Gasteiger charge is -2.26. The Morgan fingerprint density at radius 3 is 2.45 bits per heavy atom. The Balaban J connectivity index is 2.24. The summed E-state index contributed by atoms with van der Waals surface area (Å²) in [6.07, 6.45) is -2.60. The minimum atomic E-state index is -4.96. The van der Waals surface area contributed by atoms with Crippen LogP contribution in [-0.4, -0.2) is 63.9 Å². The number of halogens is 3. The van der Waals surface area contributed by atoms with Crippen molar-refractivity contribution in [2.24, 2.45) is 0 Å². The van der Waals surface area contributed by atoms with Crippen molar-refractivity contribution < 1.29 is 40.7 Å². The van der Waals surface area contributed by atoms with Crippen LogP contribution in [0.3, 0.4) is 0 Å². The fraction of sp³-hybridized carbons (Fsp3) is 0.588. The van der Waals surface area contributed by atoms with Gasteiger partial charge in [0.2, 0.25) is 10.0 Å². The highest BCUT2D eigenvalue weighted by Gasteiger charge is 2.33. The van der Waals surface area contributed by atoms with E-state index >= 15 is 0 Å². The number of amides is 1. The zero-order chi connectivity index (χ0) is 21.7. The van der Waals surface area contributed by atoms with Crippen molar-refractivity contribution in [3.8, 4) is 5.75 Å². The minimum absolute atomic E-state index is 0.145. The molecule has 1 amide bonds. The molecule has 0 aliphatic carbocycles. The molecule has 1 saturated heterocycles. The van der Waals surface area contributed by atoms with Gasteiger partial charge in [-0.15, -0.1) is 13.2 Å². The number of alkyl halides is 3. The minimum Gasteiger partial charge on any atom is -0.405 e. The van der Waals surface area contributed by atoms with Crippen LogP contribution in [0.2, 0.25) is 0 Å². The molecular weight excluding hydrogens is 417 g/mol. The lowest BCUT2D eigenvalue weighted by Crippen LogP contribution is -2.35. The number of nitrogens with zero attached hydrogens (tertiary/aromatic N) is 2. The van der Waals surface area contributed by atoms with Crippen LogP contribution in [-0.2, 0) is 31.0 Å². The maximum absolute atomic E-state index is 12.8. The van der Waals surface area contributed by atoms with Crippen LogP contribution < -0.4 is 4.74 Å². The molecule has 12 heteroatoms. The summed E-state index contributed by atoms with van der Waals surface area (Å²) < 4.78 is 74.0. The highest BCUT2D eigenvalue weighted by atomic mass is 32.2. The summed E-state index contributed by atoms with van der Waals surface area (Å²) in [7, 11) is -1.25. The molecule has 0 radical (unpaired) electrons. The first-order valence-corrected chi connectivity index (χ1v) is 10.3. The van der Waals surface area contributed by atoms with E-state index in [9.17, 15) is 26.4 Å². The van der Waals surface area contributed by atoms with Gasteiger partial charge in [-0.2, -0.15) is 4.31 Å². The van der Waals surface area contributed by atoms with Gasteiger partial charge < -0.3 is 9.47 Å². The van der Waals surface area contributed by atoms with Crippen LogP contribution in [0.1, 0.15) is 24.8 Å². The van der Waals surface area contributed by atoms with Crippen molar-refractivity contribution in [2.75, 3.05) is 33.9 Å². The molecule has 0 N–H and O–H groups in total. The Morgan fingerprint density at radius 2 is 1.86 bits per heavy atom. The zero-order valence-electron chi connectivity index (χ0n) is 16.1. The highest BCUT2D eigenvalue weighted by molar-refractivity contribution is 7.89. The third kappa shape index (κ3) is 6.56. The molecule has 164 valence electrons. The number of ether oxygens (including phenoxy) is 2. The van der Waals surface area contributed by atoms with E-state index in [0.29, 0.717) is 13.1 Å². The maximum atomic E-state index is 12.8. The number of benzene rings is 1. The second kappa shape index (κ2) is 9.74. The van der Waals surface area contributed by atoms with E-state index in [4.69, 9.17) is 4.74 Å². The molecule has 1 aliphatic heterocycles. The van der Waals surface area contributed by atoms with Crippen molar-refractivity contribution in [1.82, 2.24) is 9.37 Å². The van der Waals surface area contributed by atoms with Crippen LogP contribution in [0.5, 0.6) is 5.75 Å². The van der Waals surface area contributed by atoms with Gasteiger partial charge in [0.05, 0.1) is 18.6 Å². The van der Waals surface area contributed by atoms with Gasteiger partial charge in [-0.3, -0.25) is 9.63 Å². The average molecular weight is 440 g/mol. The predicted octanol–water partition coefficient (Wildman–Crippen LogP) is 2.30. The molecule has 2 rings (SSSR count). The molecule has 1 fully saturated rings. The molecule has 0 aromatic heterocycles. The Hall–Kier alpha value is -1.89. The number of likely N-dealkylation sites (N-methyl/N-ethyl adjacent to an activating group) is 1. The van der Waals surface area contributed by atoms with Crippen molar-refractivity contribution in [3.63, 3.8) is 0 Å². The number of hydrogen-bond donors (Lipinski definition) is 0. The maximum Gasteiger partial charge on any atom is 0.573 e. The number of hydroxylamine groups is 2. The lowest BCUT2D eigenvalue weighted by molar-refractivity contribution is -0.275. The molecule has 1 aromatic rings. The first-order valence-electron chi connectivity index (χ1n) is 8.82. The monoisotopic (exact) mass is 440 g/mol. The molecule has 0 atom stereocenters. The van der Waals surface area contributed by atoms with E-state index in [1.807, 2.05) is 0 Å². The van der Waals surface area contributed by atoms with Gasteiger partial charge in [0, 0.05) is 25.7 Å². The van der Waals surface area contributed by atoms with E-state index < -0.39 is 41.3 Å². The number of carbonyl (C=O) groups is 1. The number of sulfonamides is 1. The number of rotatable bonds is 8. The standard InChI is InChI=1S/C17H23F3N2O6S/c1-21(26-2)16(23)12-27-11-13-10-14(6-7-15(13)28-17(18,19)20)29(24,25)22-8-4-3-5-9-22/h6-7,10H,3-5,8-9,11-12H2,1-2H3. The van der Waals surface area contributed by atoms with Crippen LogP contribution in [0, 0.1) is 0 Å². The normalized spacial score (nSPS) is 15.9. The largest absolute Gasteiger partial charge is 0.573 e. The van der Waals surface area contributed by atoms with Gasteiger partial charge in [-0.1, -0.05) is 6.42 Å². The van der Waals surface area contributed by atoms with Gasteiger partial charge in [-0.25, -0.2) is 13.5 Å². The van der Waals surface area contributed by atoms with Gasteiger partial charge in [0.15, 0.2) is 0 Å². The van der Waals surface area contributed by atoms with Crippen molar-refractivity contribution >= 4 is 15.9 Å². The molecule has 0 bridgehead atoms. The van der Waals surface area contributed by atoms with Crippen LogP contribution >= 0.6 is 0 Å². The molecule has 0 spiro atoms. The third-order valence-electron chi connectivity index (χ3n) is 4.32.